The molecule has 6 heteroatoms. The van der Waals surface area contributed by atoms with Crippen molar-refractivity contribution in [1.29, 1.82) is 0 Å². The van der Waals surface area contributed by atoms with Crippen LogP contribution in [0.25, 0.3) is 0 Å². The first-order valence-corrected chi connectivity index (χ1v) is 3.75. The number of esters is 1. The lowest BCUT2D eigenvalue weighted by atomic mass is 10.2. The fourth-order valence-corrected chi connectivity index (χ4v) is 1.34. The number of rotatable bonds is 1. The Morgan fingerprint density at radius 1 is 1.69 bits per heavy atom. The largest absolute Gasteiger partial charge is 0.468 e. The summed E-state index contributed by atoms with van der Waals surface area (Å²) in [6, 6.07) is -0.654. The van der Waals surface area contributed by atoms with Gasteiger partial charge in [-0.3, -0.25) is 10.1 Å². The highest BCUT2D eigenvalue weighted by Crippen LogP contribution is 2.22. The van der Waals surface area contributed by atoms with Crippen molar-refractivity contribution in [3.63, 3.8) is 0 Å². The maximum atomic E-state index is 11.1. The third-order valence-corrected chi connectivity index (χ3v) is 2.01. The second kappa shape index (κ2) is 2.74. The number of fused-ring (bicyclic) bond motifs is 1. The maximum absolute atomic E-state index is 11.1. The van der Waals surface area contributed by atoms with E-state index in [0.717, 1.165) is 0 Å². The number of methoxy groups -OCH3 is 1. The van der Waals surface area contributed by atoms with Gasteiger partial charge in [-0.1, -0.05) is 0 Å². The van der Waals surface area contributed by atoms with Gasteiger partial charge in [-0.25, -0.2) is 4.79 Å². The monoisotopic (exact) mass is 184 g/mol. The molecule has 0 bridgehead atoms. The molecule has 13 heavy (non-hydrogen) atoms. The Morgan fingerprint density at radius 2 is 2.46 bits per heavy atom. The van der Waals surface area contributed by atoms with Crippen molar-refractivity contribution in [1.82, 2.24) is 10.5 Å². The molecule has 1 aromatic rings. The minimum atomic E-state index is -0.654. The molecule has 70 valence electrons. The number of carbonyl (C=O) groups excluding carboxylic acids is 1. The van der Waals surface area contributed by atoms with E-state index >= 15 is 0 Å². The smallest absolute Gasteiger partial charge is 0.330 e. The Morgan fingerprint density at radius 3 is 3.15 bits per heavy atom. The molecule has 1 aromatic heterocycles. The molecular weight excluding hydrogens is 176 g/mol. The molecule has 1 aliphatic heterocycles. The van der Waals surface area contributed by atoms with E-state index in [1.54, 1.807) is 0 Å². The third kappa shape index (κ3) is 1.06. The van der Waals surface area contributed by atoms with E-state index in [1.165, 1.54) is 7.11 Å². The molecule has 6 nitrogen and oxygen atoms in total. The normalized spacial score (nSPS) is 19.9. The van der Waals surface area contributed by atoms with Crippen molar-refractivity contribution in [2.45, 2.75) is 12.6 Å². The van der Waals surface area contributed by atoms with Crippen molar-refractivity contribution >= 4 is 5.97 Å². The van der Waals surface area contributed by atoms with Crippen LogP contribution in [0.4, 0.5) is 0 Å². The van der Waals surface area contributed by atoms with Gasteiger partial charge in [0.05, 0.1) is 12.7 Å². The Balaban J connectivity index is 2.39. The number of aromatic nitrogens is 1. The summed E-state index contributed by atoms with van der Waals surface area (Å²) in [4.78, 5) is 22.2. The van der Waals surface area contributed by atoms with Crippen LogP contribution in [0.1, 0.15) is 17.4 Å². The first kappa shape index (κ1) is 8.06. The summed E-state index contributed by atoms with van der Waals surface area (Å²) in [5.41, 5.74) is 0.171. The number of hydrogen-bond acceptors (Lipinski definition) is 5. The molecule has 0 aliphatic carbocycles. The van der Waals surface area contributed by atoms with E-state index in [-0.39, 0.29) is 5.56 Å². The van der Waals surface area contributed by atoms with E-state index in [9.17, 15) is 9.59 Å². The van der Waals surface area contributed by atoms with Crippen molar-refractivity contribution in [2.24, 2.45) is 0 Å². The molecule has 2 rings (SSSR count). The van der Waals surface area contributed by atoms with Gasteiger partial charge in [0.25, 0.3) is 5.56 Å². The molecule has 2 N–H and O–H groups in total. The molecule has 0 saturated carbocycles. The van der Waals surface area contributed by atoms with Crippen molar-refractivity contribution < 1.29 is 14.1 Å². The Kier molecular flexibility index (Phi) is 1.70. The highest BCUT2D eigenvalue weighted by atomic mass is 16.5. The Bertz CT molecular complexity index is 391. The Labute approximate surface area is 72.8 Å². The summed E-state index contributed by atoms with van der Waals surface area (Å²) >= 11 is 0. The topological polar surface area (TPSA) is 84.3 Å². The zero-order chi connectivity index (χ0) is 9.42. The molecule has 0 radical (unpaired) electrons. The lowest BCUT2D eigenvalue weighted by molar-refractivity contribution is -0.143. The van der Waals surface area contributed by atoms with Gasteiger partial charge >= 0.3 is 5.97 Å². The van der Waals surface area contributed by atoms with E-state index < -0.39 is 12.0 Å². The van der Waals surface area contributed by atoms with Crippen LogP contribution >= 0.6 is 0 Å². The van der Waals surface area contributed by atoms with Gasteiger partial charge in [0, 0.05) is 6.54 Å². The van der Waals surface area contributed by atoms with Gasteiger partial charge in [-0.05, 0) is 0 Å². The lowest BCUT2D eigenvalue weighted by Crippen LogP contribution is -2.23. The van der Waals surface area contributed by atoms with E-state index in [4.69, 9.17) is 4.52 Å². The molecule has 0 amide bonds. The first-order valence-electron chi connectivity index (χ1n) is 3.75. The third-order valence-electron chi connectivity index (χ3n) is 2.01. The molecule has 2 heterocycles. The van der Waals surface area contributed by atoms with Crippen molar-refractivity contribution in [3.8, 4) is 0 Å². The van der Waals surface area contributed by atoms with E-state index in [2.05, 4.69) is 15.2 Å². The Hall–Kier alpha value is -1.56. The van der Waals surface area contributed by atoms with Gasteiger partial charge in [0.2, 0.25) is 0 Å². The van der Waals surface area contributed by atoms with Crippen LogP contribution in [0.3, 0.4) is 0 Å². The molecule has 0 saturated heterocycles. The van der Waals surface area contributed by atoms with E-state index in [1.807, 2.05) is 0 Å². The van der Waals surface area contributed by atoms with Gasteiger partial charge in [0.15, 0.2) is 11.8 Å². The fraction of sp³-hybridized carbons (Fsp3) is 0.429. The summed E-state index contributed by atoms with van der Waals surface area (Å²) in [6.07, 6.45) is 0. The summed E-state index contributed by atoms with van der Waals surface area (Å²) < 4.78 is 9.36. The van der Waals surface area contributed by atoms with Crippen LogP contribution in [0.2, 0.25) is 0 Å². The number of carbonyl (C=O) groups is 1. The summed E-state index contributed by atoms with van der Waals surface area (Å²) in [5.74, 6) is -0.127. The van der Waals surface area contributed by atoms with Crippen LogP contribution in [-0.4, -0.2) is 18.2 Å². The molecule has 1 unspecified atom stereocenters. The van der Waals surface area contributed by atoms with Crippen LogP contribution in [-0.2, 0) is 16.1 Å². The molecule has 0 aromatic carbocycles. The fourth-order valence-electron chi connectivity index (χ4n) is 1.34. The minimum Gasteiger partial charge on any atom is -0.468 e. The number of hydrogen-bond donors (Lipinski definition) is 2. The van der Waals surface area contributed by atoms with Gasteiger partial charge < -0.3 is 9.26 Å². The van der Waals surface area contributed by atoms with Gasteiger partial charge in [-0.2, -0.15) is 5.16 Å². The van der Waals surface area contributed by atoms with Crippen LogP contribution in [0.15, 0.2) is 9.32 Å². The number of H-pyrrole nitrogens is 1. The predicted molar refractivity (Wildman–Crippen MR) is 40.9 cm³/mol. The summed E-state index contributed by atoms with van der Waals surface area (Å²) in [6.45, 7) is 0.334. The van der Waals surface area contributed by atoms with Crippen LogP contribution in [0, 0.1) is 0 Å². The van der Waals surface area contributed by atoms with Gasteiger partial charge in [0.1, 0.15) is 0 Å². The first-order chi connectivity index (χ1) is 6.24. The highest BCUT2D eigenvalue weighted by Gasteiger charge is 2.34. The highest BCUT2D eigenvalue weighted by molar-refractivity contribution is 5.77. The number of aromatic amines is 1. The number of nitrogens with one attached hydrogen (secondary N) is 2. The van der Waals surface area contributed by atoms with E-state index in [0.29, 0.717) is 17.9 Å². The number of ether oxygens (including phenoxy) is 1. The minimum absolute atomic E-state index is 0.297. The van der Waals surface area contributed by atoms with Gasteiger partial charge in [-0.15, -0.1) is 0 Å². The standard InChI is InChI=1S/C7H8N2O4/c1-12-7(11)4-5-3(2-8-4)6(10)9-13-5/h4,8H,2H2,1H3,(H,9,10). The molecule has 1 aliphatic rings. The average Bonchev–Trinajstić information content (AvgIpc) is 2.68. The molecular formula is C7H8N2O4. The molecule has 1 atom stereocenters. The van der Waals surface area contributed by atoms with Crippen LogP contribution < -0.4 is 10.9 Å². The zero-order valence-corrected chi connectivity index (χ0v) is 6.92. The summed E-state index contributed by atoms with van der Waals surface area (Å²) in [5, 5.41) is 4.97. The second-order valence-corrected chi connectivity index (χ2v) is 2.71. The van der Waals surface area contributed by atoms with Crippen molar-refractivity contribution in [2.75, 3.05) is 7.11 Å². The summed E-state index contributed by atoms with van der Waals surface area (Å²) in [7, 11) is 1.28. The molecule has 0 fully saturated rings. The van der Waals surface area contributed by atoms with Crippen molar-refractivity contribution in [3.05, 3.63) is 21.7 Å². The molecule has 0 spiro atoms. The predicted octanol–water partition coefficient (Wildman–Crippen LogP) is -0.715. The second-order valence-electron chi connectivity index (χ2n) is 2.71. The zero-order valence-electron chi connectivity index (χ0n) is 6.92. The maximum Gasteiger partial charge on any atom is 0.330 e. The SMILES string of the molecule is COC(=O)C1NCc2c1o[nH]c2=O. The quantitative estimate of drug-likeness (QED) is 0.563. The van der Waals surface area contributed by atoms with Crippen LogP contribution in [0.5, 0.6) is 0 Å². The average molecular weight is 184 g/mol. The lowest BCUT2D eigenvalue weighted by Gasteiger charge is -2.05.